The average molecular weight is 379 g/mol. The van der Waals surface area contributed by atoms with Crippen LogP contribution in [-0.2, 0) is 9.16 Å². The van der Waals surface area contributed by atoms with E-state index < -0.39 is 8.32 Å². The van der Waals surface area contributed by atoms with E-state index in [0.717, 1.165) is 13.0 Å². The molecule has 0 unspecified atom stereocenters. The minimum Gasteiger partial charge on any atom is -0.414 e. The minimum absolute atomic E-state index is 0.0204. The van der Waals surface area contributed by atoms with Crippen molar-refractivity contribution in [3.63, 3.8) is 0 Å². The summed E-state index contributed by atoms with van der Waals surface area (Å²) in [5.74, 6) is 0.605. The van der Waals surface area contributed by atoms with E-state index in [0.29, 0.717) is 5.92 Å². The Morgan fingerprint density at radius 3 is 2.46 bits per heavy atom. The van der Waals surface area contributed by atoms with Crippen molar-refractivity contribution in [1.82, 2.24) is 0 Å². The van der Waals surface area contributed by atoms with Gasteiger partial charge in [0.05, 0.1) is 18.3 Å². The molecule has 3 rings (SSSR count). The van der Waals surface area contributed by atoms with Gasteiger partial charge in [-0.25, -0.2) is 0 Å². The van der Waals surface area contributed by atoms with Crippen LogP contribution in [0.4, 0.5) is 0 Å². The van der Waals surface area contributed by atoms with Gasteiger partial charge in [0.25, 0.3) is 0 Å². The molecule has 1 aliphatic heterocycles. The number of allylic oxidation sites excluding steroid dienone is 1. The summed E-state index contributed by atoms with van der Waals surface area (Å²) in [4.78, 5) is 0. The van der Waals surface area contributed by atoms with Crippen molar-refractivity contribution in [2.45, 2.75) is 110 Å². The molecule has 3 aliphatic rings. The first-order valence-corrected chi connectivity index (χ1v) is 13.7. The van der Waals surface area contributed by atoms with E-state index in [-0.39, 0.29) is 27.6 Å². The molecular formula is C23H42O2Si. The van der Waals surface area contributed by atoms with Crippen molar-refractivity contribution < 1.29 is 9.16 Å². The van der Waals surface area contributed by atoms with Gasteiger partial charge in [-0.15, -0.1) is 0 Å². The van der Waals surface area contributed by atoms with Gasteiger partial charge >= 0.3 is 0 Å². The normalized spacial score (nSPS) is 43.9. The number of hydrogen-bond acceptors (Lipinski definition) is 2. The van der Waals surface area contributed by atoms with Crippen LogP contribution < -0.4 is 0 Å². The van der Waals surface area contributed by atoms with Gasteiger partial charge in [0.2, 0.25) is 0 Å². The van der Waals surface area contributed by atoms with Gasteiger partial charge in [-0.1, -0.05) is 53.7 Å². The topological polar surface area (TPSA) is 18.5 Å². The predicted octanol–water partition coefficient (Wildman–Crippen LogP) is 6.72. The number of rotatable bonds is 3. The lowest BCUT2D eigenvalue weighted by molar-refractivity contribution is -0.154. The van der Waals surface area contributed by atoms with E-state index in [9.17, 15) is 0 Å². The molecule has 0 aromatic rings. The fraction of sp³-hybridized carbons (Fsp3) is 0.913. The summed E-state index contributed by atoms with van der Waals surface area (Å²) in [5.41, 5.74) is 1.96. The van der Waals surface area contributed by atoms with E-state index >= 15 is 0 Å². The fourth-order valence-electron chi connectivity index (χ4n) is 6.09. The maximum absolute atomic E-state index is 6.97. The highest BCUT2D eigenvalue weighted by atomic mass is 28.4. The SMILES string of the molecule is C=C1CCC[C@@]2(C)[C@@]1(C)CC[C@]21O[C@H](CO[Si](C)(C)C(C)(C)C)C[C@H]1C. The predicted molar refractivity (Wildman–Crippen MR) is 113 cm³/mol. The molecule has 2 nitrogen and oxygen atoms in total. The molecule has 3 fully saturated rings. The molecular weight excluding hydrogens is 336 g/mol. The van der Waals surface area contributed by atoms with Gasteiger partial charge in [0, 0.05) is 5.41 Å². The number of ether oxygens (including phenoxy) is 1. The Morgan fingerprint density at radius 1 is 1.19 bits per heavy atom. The maximum atomic E-state index is 6.97. The second-order valence-electron chi connectivity index (χ2n) is 11.5. The second-order valence-corrected chi connectivity index (χ2v) is 16.3. The van der Waals surface area contributed by atoms with Gasteiger partial charge < -0.3 is 9.16 Å². The van der Waals surface area contributed by atoms with Crippen LogP contribution in [-0.4, -0.2) is 26.6 Å². The van der Waals surface area contributed by atoms with Crippen LogP contribution in [0.25, 0.3) is 0 Å². The summed E-state index contributed by atoms with van der Waals surface area (Å²) in [7, 11) is -1.72. The summed E-state index contributed by atoms with van der Waals surface area (Å²) in [5, 5.41) is 0.258. The molecule has 1 saturated heterocycles. The molecule has 3 heteroatoms. The Labute approximate surface area is 163 Å². The van der Waals surface area contributed by atoms with Gasteiger partial charge in [0.15, 0.2) is 8.32 Å². The van der Waals surface area contributed by atoms with Crippen molar-refractivity contribution in [1.29, 1.82) is 0 Å². The number of fused-ring (bicyclic) bond motifs is 2. The van der Waals surface area contributed by atoms with Gasteiger partial charge in [0.1, 0.15) is 0 Å². The molecule has 0 radical (unpaired) electrons. The van der Waals surface area contributed by atoms with Crippen molar-refractivity contribution in [2.75, 3.05) is 6.61 Å². The molecule has 0 amide bonds. The van der Waals surface area contributed by atoms with Crippen molar-refractivity contribution in [2.24, 2.45) is 16.7 Å². The molecule has 150 valence electrons. The smallest absolute Gasteiger partial charge is 0.192 e. The standard InChI is InChI=1S/C23H42O2Si/c1-17-11-10-12-22(7)21(17,6)13-14-23(22)18(2)15-19(25-23)16-24-26(8,9)20(3,4)5/h18-19H,1,10-16H2,2-9H3/t18-,19+,21+,22+,23-/m1/s1. The van der Waals surface area contributed by atoms with Crippen molar-refractivity contribution in [3.8, 4) is 0 Å². The quantitative estimate of drug-likeness (QED) is 0.401. The van der Waals surface area contributed by atoms with Crippen LogP contribution in [0.5, 0.6) is 0 Å². The Morgan fingerprint density at radius 2 is 1.85 bits per heavy atom. The van der Waals surface area contributed by atoms with Gasteiger partial charge in [-0.05, 0) is 68.0 Å². The zero-order chi connectivity index (χ0) is 19.6. The van der Waals surface area contributed by atoms with Crippen LogP contribution in [0, 0.1) is 16.7 Å². The molecule has 5 atom stereocenters. The first-order valence-electron chi connectivity index (χ1n) is 10.8. The van der Waals surface area contributed by atoms with E-state index in [1.165, 1.54) is 37.7 Å². The van der Waals surface area contributed by atoms with Crippen molar-refractivity contribution >= 4 is 8.32 Å². The Kier molecular flexibility index (Phi) is 4.90. The highest BCUT2D eigenvalue weighted by molar-refractivity contribution is 6.74. The van der Waals surface area contributed by atoms with Crippen LogP contribution in [0.2, 0.25) is 18.1 Å². The largest absolute Gasteiger partial charge is 0.414 e. The lowest BCUT2D eigenvalue weighted by Gasteiger charge is -2.54. The van der Waals surface area contributed by atoms with E-state index in [2.05, 4.69) is 61.2 Å². The first kappa shape index (κ1) is 20.6. The molecule has 2 saturated carbocycles. The molecule has 26 heavy (non-hydrogen) atoms. The maximum Gasteiger partial charge on any atom is 0.192 e. The summed E-state index contributed by atoms with van der Waals surface area (Å²) >= 11 is 0. The highest BCUT2D eigenvalue weighted by Gasteiger charge is 2.69. The third kappa shape index (κ3) is 2.71. The average Bonchev–Trinajstić information content (AvgIpc) is 2.96. The third-order valence-corrected chi connectivity index (χ3v) is 13.8. The summed E-state index contributed by atoms with van der Waals surface area (Å²) in [6, 6.07) is 0. The molecule has 0 bridgehead atoms. The summed E-state index contributed by atoms with van der Waals surface area (Å²) < 4.78 is 13.5. The Bertz CT molecular complexity index is 577. The summed E-state index contributed by atoms with van der Waals surface area (Å²) in [6.07, 6.45) is 7.59. The lowest BCUT2D eigenvalue weighted by Crippen LogP contribution is -2.54. The fourth-order valence-corrected chi connectivity index (χ4v) is 7.12. The van der Waals surface area contributed by atoms with Crippen molar-refractivity contribution in [3.05, 3.63) is 12.2 Å². The van der Waals surface area contributed by atoms with Crippen LogP contribution in [0.15, 0.2) is 12.2 Å². The zero-order valence-electron chi connectivity index (χ0n) is 18.6. The number of hydrogen-bond donors (Lipinski definition) is 0. The van der Waals surface area contributed by atoms with E-state index in [4.69, 9.17) is 9.16 Å². The molecule has 0 aromatic heterocycles. The van der Waals surface area contributed by atoms with E-state index in [1.54, 1.807) is 0 Å². The van der Waals surface area contributed by atoms with Gasteiger partial charge in [-0.2, -0.15) is 0 Å². The summed E-state index contributed by atoms with van der Waals surface area (Å²) in [6.45, 7) is 24.3. The lowest BCUT2D eigenvalue weighted by atomic mass is 9.52. The second kappa shape index (κ2) is 6.19. The first-order chi connectivity index (χ1) is 11.8. The Hall–Kier alpha value is -0.123. The van der Waals surface area contributed by atoms with Crippen LogP contribution >= 0.6 is 0 Å². The monoisotopic (exact) mass is 378 g/mol. The molecule has 2 aliphatic carbocycles. The highest BCUT2D eigenvalue weighted by Crippen LogP contribution is 2.71. The van der Waals surface area contributed by atoms with E-state index in [1.807, 2.05) is 0 Å². The molecule has 0 N–H and O–H groups in total. The minimum atomic E-state index is -1.72. The van der Waals surface area contributed by atoms with Crippen LogP contribution in [0.3, 0.4) is 0 Å². The zero-order valence-corrected chi connectivity index (χ0v) is 19.6. The third-order valence-electron chi connectivity index (χ3n) is 9.31. The van der Waals surface area contributed by atoms with Crippen LogP contribution in [0.1, 0.15) is 80.1 Å². The molecule has 1 spiro atoms. The Balaban J connectivity index is 1.78. The molecule has 0 aromatic carbocycles. The molecule has 1 heterocycles. The van der Waals surface area contributed by atoms with Gasteiger partial charge in [-0.3, -0.25) is 0 Å².